The van der Waals surface area contributed by atoms with Crippen LogP contribution in [-0.4, -0.2) is 27.7 Å². The summed E-state index contributed by atoms with van der Waals surface area (Å²) in [5.41, 5.74) is -1.55. The molecule has 2 N–H and O–H groups in total. The van der Waals surface area contributed by atoms with Crippen molar-refractivity contribution in [1.29, 1.82) is 0 Å². The van der Waals surface area contributed by atoms with Gasteiger partial charge >= 0.3 is 5.97 Å². The molecule has 0 bridgehead atoms. The Morgan fingerprint density at radius 3 is 2.82 bits per heavy atom. The van der Waals surface area contributed by atoms with Crippen LogP contribution in [0.5, 0.6) is 0 Å². The van der Waals surface area contributed by atoms with Crippen LogP contribution in [-0.2, 0) is 5.60 Å². The molecule has 1 atom stereocenters. The number of carboxylic acid groups (broad SMARTS) is 1. The summed E-state index contributed by atoms with van der Waals surface area (Å²) in [6.45, 7) is 3.89. The van der Waals surface area contributed by atoms with E-state index in [4.69, 9.17) is 9.52 Å². The van der Waals surface area contributed by atoms with E-state index in [1.165, 1.54) is 12.3 Å². The maximum Gasteiger partial charge on any atom is 0.339 e. The van der Waals surface area contributed by atoms with Crippen LogP contribution in [0.15, 0.2) is 16.7 Å². The van der Waals surface area contributed by atoms with Gasteiger partial charge in [0.15, 0.2) is 5.76 Å². The van der Waals surface area contributed by atoms with Gasteiger partial charge in [0, 0.05) is 11.2 Å². The predicted octanol–water partition coefficient (Wildman–Crippen LogP) is 2.33. The van der Waals surface area contributed by atoms with Gasteiger partial charge in [-0.3, -0.25) is 0 Å². The Hall–Kier alpha value is -0.940. The lowest BCUT2D eigenvalue weighted by molar-refractivity contribution is -0.0743. The van der Waals surface area contributed by atoms with Gasteiger partial charge in [0.2, 0.25) is 0 Å². The quantitative estimate of drug-likeness (QED) is 0.849. The average Bonchev–Trinajstić information content (AvgIpc) is 2.71. The molecule has 1 saturated heterocycles. The lowest BCUT2D eigenvalue weighted by Gasteiger charge is -2.44. The zero-order chi connectivity index (χ0) is 12.7. The molecule has 4 nitrogen and oxygen atoms in total. The molecule has 0 aromatic carbocycles. The number of aromatic carboxylic acids is 1. The highest BCUT2D eigenvalue weighted by molar-refractivity contribution is 7.99. The molecular weight excluding hydrogens is 240 g/mol. The van der Waals surface area contributed by atoms with E-state index in [2.05, 4.69) is 0 Å². The first-order chi connectivity index (χ1) is 7.88. The molecular formula is C12H16O4S. The highest BCUT2D eigenvalue weighted by Gasteiger charge is 2.50. The molecule has 0 radical (unpaired) electrons. The SMILES string of the molecule is CC1(C)CCSCC1(O)c1occc1C(=O)O. The van der Waals surface area contributed by atoms with Crippen molar-refractivity contribution in [3.05, 3.63) is 23.7 Å². The Morgan fingerprint density at radius 1 is 1.53 bits per heavy atom. The number of thioether (sulfide) groups is 1. The third kappa shape index (κ3) is 1.87. The number of hydrogen-bond acceptors (Lipinski definition) is 4. The second-order valence-electron chi connectivity index (χ2n) is 5.02. The van der Waals surface area contributed by atoms with Crippen molar-refractivity contribution in [1.82, 2.24) is 0 Å². The summed E-state index contributed by atoms with van der Waals surface area (Å²) >= 11 is 1.62. The summed E-state index contributed by atoms with van der Waals surface area (Å²) in [6, 6.07) is 1.39. The molecule has 0 saturated carbocycles. The zero-order valence-electron chi connectivity index (χ0n) is 9.90. The monoisotopic (exact) mass is 256 g/mol. The average molecular weight is 256 g/mol. The van der Waals surface area contributed by atoms with Crippen LogP contribution >= 0.6 is 11.8 Å². The van der Waals surface area contributed by atoms with E-state index in [-0.39, 0.29) is 16.7 Å². The topological polar surface area (TPSA) is 70.7 Å². The molecule has 1 aliphatic heterocycles. The Bertz CT molecular complexity index is 437. The first kappa shape index (κ1) is 12.5. The van der Waals surface area contributed by atoms with E-state index in [0.29, 0.717) is 5.75 Å². The zero-order valence-corrected chi connectivity index (χ0v) is 10.7. The van der Waals surface area contributed by atoms with Crippen molar-refractivity contribution in [2.24, 2.45) is 5.41 Å². The maximum atomic E-state index is 11.1. The van der Waals surface area contributed by atoms with Crippen LogP contribution in [0.3, 0.4) is 0 Å². The second-order valence-corrected chi connectivity index (χ2v) is 6.12. The molecule has 1 unspecified atom stereocenters. The Balaban J connectivity index is 2.49. The van der Waals surface area contributed by atoms with Gasteiger partial charge in [-0.1, -0.05) is 13.8 Å². The number of furan rings is 1. The van der Waals surface area contributed by atoms with Crippen LogP contribution in [0.4, 0.5) is 0 Å². The molecule has 0 spiro atoms. The van der Waals surface area contributed by atoms with E-state index in [0.717, 1.165) is 12.2 Å². The Labute approximate surface area is 104 Å². The van der Waals surface area contributed by atoms with E-state index in [1.807, 2.05) is 13.8 Å². The summed E-state index contributed by atoms with van der Waals surface area (Å²) in [6.07, 6.45) is 2.15. The third-order valence-corrected chi connectivity index (χ3v) is 4.69. The van der Waals surface area contributed by atoms with Gasteiger partial charge in [-0.15, -0.1) is 0 Å². The minimum absolute atomic E-state index is 0.0584. The number of aliphatic hydroxyl groups is 1. The first-order valence-corrected chi connectivity index (χ1v) is 6.65. The lowest BCUT2D eigenvalue weighted by Crippen LogP contribution is -2.47. The normalized spacial score (nSPS) is 27.9. The number of hydrogen-bond donors (Lipinski definition) is 2. The maximum absolute atomic E-state index is 11.1. The first-order valence-electron chi connectivity index (χ1n) is 5.50. The van der Waals surface area contributed by atoms with Gasteiger partial charge in [0.1, 0.15) is 11.2 Å². The molecule has 5 heteroatoms. The summed E-state index contributed by atoms with van der Waals surface area (Å²) in [7, 11) is 0. The number of rotatable bonds is 2. The van der Waals surface area contributed by atoms with Gasteiger partial charge in [-0.25, -0.2) is 4.79 Å². The third-order valence-electron chi connectivity index (χ3n) is 3.57. The van der Waals surface area contributed by atoms with Crippen LogP contribution in [0.2, 0.25) is 0 Å². The standard InChI is InChI=1S/C12H16O4S/c1-11(2)4-6-17-7-12(11,15)9-8(10(13)14)3-5-16-9/h3,5,15H,4,6-7H2,1-2H3,(H,13,14). The number of carboxylic acids is 1. The van der Waals surface area contributed by atoms with E-state index in [9.17, 15) is 9.90 Å². The minimum Gasteiger partial charge on any atom is -0.478 e. The second kappa shape index (κ2) is 4.07. The Kier molecular flexibility index (Phi) is 2.99. The van der Waals surface area contributed by atoms with Gasteiger partial charge in [-0.2, -0.15) is 11.8 Å². The van der Waals surface area contributed by atoms with Crippen molar-refractivity contribution < 1.29 is 19.4 Å². The summed E-state index contributed by atoms with van der Waals surface area (Å²) in [4.78, 5) is 11.1. The predicted molar refractivity (Wildman–Crippen MR) is 65.3 cm³/mol. The van der Waals surface area contributed by atoms with E-state index in [1.54, 1.807) is 11.8 Å². The fourth-order valence-corrected chi connectivity index (χ4v) is 3.74. The van der Waals surface area contributed by atoms with Crippen LogP contribution in [0.1, 0.15) is 36.4 Å². The van der Waals surface area contributed by atoms with Crippen molar-refractivity contribution >= 4 is 17.7 Å². The van der Waals surface area contributed by atoms with Gasteiger partial charge in [-0.05, 0) is 18.2 Å². The fourth-order valence-electron chi connectivity index (χ4n) is 2.12. The molecule has 2 heterocycles. The molecule has 17 heavy (non-hydrogen) atoms. The highest BCUT2D eigenvalue weighted by Crippen LogP contribution is 2.49. The largest absolute Gasteiger partial charge is 0.478 e. The summed E-state index contributed by atoms with van der Waals surface area (Å²) in [5, 5.41) is 19.9. The molecule has 0 aliphatic carbocycles. The van der Waals surface area contributed by atoms with Gasteiger partial charge in [0.05, 0.1) is 6.26 Å². The van der Waals surface area contributed by atoms with E-state index < -0.39 is 11.6 Å². The lowest BCUT2D eigenvalue weighted by atomic mass is 9.71. The summed E-state index contributed by atoms with van der Waals surface area (Å²) < 4.78 is 5.26. The van der Waals surface area contributed by atoms with Crippen molar-refractivity contribution in [2.45, 2.75) is 25.9 Å². The Morgan fingerprint density at radius 2 is 2.24 bits per heavy atom. The van der Waals surface area contributed by atoms with Crippen LogP contribution in [0.25, 0.3) is 0 Å². The van der Waals surface area contributed by atoms with Crippen LogP contribution in [0, 0.1) is 5.41 Å². The number of carbonyl (C=O) groups is 1. The summed E-state index contributed by atoms with van der Waals surface area (Å²) in [5.74, 6) is 0.558. The molecule has 1 fully saturated rings. The highest BCUT2D eigenvalue weighted by atomic mass is 32.2. The van der Waals surface area contributed by atoms with Crippen LogP contribution < -0.4 is 0 Å². The fraction of sp³-hybridized carbons (Fsp3) is 0.583. The van der Waals surface area contributed by atoms with Crippen molar-refractivity contribution in [3.8, 4) is 0 Å². The van der Waals surface area contributed by atoms with Crippen molar-refractivity contribution in [3.63, 3.8) is 0 Å². The smallest absolute Gasteiger partial charge is 0.339 e. The van der Waals surface area contributed by atoms with E-state index >= 15 is 0 Å². The molecule has 1 aliphatic rings. The van der Waals surface area contributed by atoms with Crippen molar-refractivity contribution in [2.75, 3.05) is 11.5 Å². The minimum atomic E-state index is -1.22. The van der Waals surface area contributed by atoms with Gasteiger partial charge < -0.3 is 14.6 Å². The molecule has 1 aromatic heterocycles. The molecule has 0 amide bonds. The van der Waals surface area contributed by atoms with Gasteiger partial charge in [0.25, 0.3) is 0 Å². The molecule has 2 rings (SSSR count). The molecule has 1 aromatic rings. The molecule has 94 valence electrons.